The minimum atomic E-state index is -1.29. The Morgan fingerprint density at radius 1 is 1.10 bits per heavy atom. The minimum Gasteiger partial charge on any atom is -0.468 e. The number of benzene rings is 1. The standard InChI is InChI=1S/C16H18O4/c1-19-14(17)16(15(18)20-2)11-7-6-10-13(16)12-8-4-3-5-9-12/h3-6,8-10,13H,7,11H2,1-2H3/t13-/m0/s1. The van der Waals surface area contributed by atoms with Gasteiger partial charge < -0.3 is 9.47 Å². The average Bonchev–Trinajstić information content (AvgIpc) is 2.53. The highest BCUT2D eigenvalue weighted by Gasteiger charge is 2.54. The predicted octanol–water partition coefficient (Wildman–Crippen LogP) is 2.45. The Hall–Kier alpha value is -2.10. The van der Waals surface area contributed by atoms with E-state index >= 15 is 0 Å². The minimum absolute atomic E-state index is 0.364. The van der Waals surface area contributed by atoms with Gasteiger partial charge in [-0.1, -0.05) is 42.5 Å². The van der Waals surface area contributed by atoms with Crippen molar-refractivity contribution in [2.45, 2.75) is 18.8 Å². The Balaban J connectivity index is 2.55. The summed E-state index contributed by atoms with van der Waals surface area (Å²) < 4.78 is 9.79. The second-order valence-electron chi connectivity index (χ2n) is 4.81. The van der Waals surface area contributed by atoms with Gasteiger partial charge in [0.05, 0.1) is 14.2 Å². The maximum Gasteiger partial charge on any atom is 0.324 e. The van der Waals surface area contributed by atoms with Crippen molar-refractivity contribution < 1.29 is 19.1 Å². The zero-order chi connectivity index (χ0) is 14.6. The SMILES string of the molecule is COC(=O)C1(C(=O)OC)CCC=C[C@H]1c1ccccc1. The first-order valence-electron chi connectivity index (χ1n) is 6.55. The van der Waals surface area contributed by atoms with Crippen LogP contribution in [-0.2, 0) is 19.1 Å². The summed E-state index contributed by atoms with van der Waals surface area (Å²) in [6.45, 7) is 0. The molecule has 0 spiro atoms. The monoisotopic (exact) mass is 274 g/mol. The zero-order valence-electron chi connectivity index (χ0n) is 11.7. The molecule has 0 aromatic heterocycles. The largest absolute Gasteiger partial charge is 0.468 e. The number of carbonyl (C=O) groups excluding carboxylic acids is 2. The van der Waals surface area contributed by atoms with E-state index in [1.165, 1.54) is 14.2 Å². The molecule has 1 aromatic carbocycles. The Morgan fingerprint density at radius 2 is 1.70 bits per heavy atom. The number of ether oxygens (including phenoxy) is 2. The van der Waals surface area contributed by atoms with Crippen LogP contribution in [0.5, 0.6) is 0 Å². The highest BCUT2D eigenvalue weighted by Crippen LogP contribution is 2.46. The van der Waals surface area contributed by atoms with Crippen molar-refractivity contribution in [1.82, 2.24) is 0 Å². The predicted molar refractivity (Wildman–Crippen MR) is 74.0 cm³/mol. The molecule has 4 nitrogen and oxygen atoms in total. The molecule has 0 unspecified atom stereocenters. The van der Waals surface area contributed by atoms with Gasteiger partial charge in [-0.25, -0.2) is 0 Å². The molecule has 0 saturated carbocycles. The van der Waals surface area contributed by atoms with Crippen molar-refractivity contribution >= 4 is 11.9 Å². The fraction of sp³-hybridized carbons (Fsp3) is 0.375. The molecule has 0 fully saturated rings. The number of rotatable bonds is 3. The van der Waals surface area contributed by atoms with E-state index in [-0.39, 0.29) is 5.92 Å². The summed E-state index contributed by atoms with van der Waals surface area (Å²) in [5.41, 5.74) is -0.390. The summed E-state index contributed by atoms with van der Waals surface area (Å²) in [4.78, 5) is 24.6. The van der Waals surface area contributed by atoms with Crippen molar-refractivity contribution in [3.8, 4) is 0 Å². The van der Waals surface area contributed by atoms with E-state index in [2.05, 4.69) is 0 Å². The number of allylic oxidation sites excluding steroid dienone is 2. The molecule has 2 rings (SSSR count). The fourth-order valence-corrected chi connectivity index (χ4v) is 2.82. The van der Waals surface area contributed by atoms with Crippen LogP contribution in [-0.4, -0.2) is 26.2 Å². The second kappa shape index (κ2) is 5.90. The maximum absolute atomic E-state index is 12.3. The number of hydrogen-bond donors (Lipinski definition) is 0. The first kappa shape index (κ1) is 14.3. The van der Waals surface area contributed by atoms with Gasteiger partial charge in [0.25, 0.3) is 0 Å². The average molecular weight is 274 g/mol. The Kier molecular flexibility index (Phi) is 4.23. The highest BCUT2D eigenvalue weighted by atomic mass is 16.5. The third-order valence-electron chi connectivity index (χ3n) is 3.82. The van der Waals surface area contributed by atoms with Gasteiger partial charge in [-0.3, -0.25) is 9.59 Å². The van der Waals surface area contributed by atoms with E-state index in [1.807, 2.05) is 42.5 Å². The van der Waals surface area contributed by atoms with Crippen molar-refractivity contribution in [3.05, 3.63) is 48.0 Å². The third kappa shape index (κ3) is 2.22. The number of hydrogen-bond acceptors (Lipinski definition) is 4. The van der Waals surface area contributed by atoms with Crippen LogP contribution < -0.4 is 0 Å². The van der Waals surface area contributed by atoms with Crippen LogP contribution in [0.4, 0.5) is 0 Å². The summed E-state index contributed by atoms with van der Waals surface area (Å²) in [5.74, 6) is -1.44. The molecule has 4 heteroatoms. The number of methoxy groups -OCH3 is 2. The van der Waals surface area contributed by atoms with Crippen LogP contribution in [0.2, 0.25) is 0 Å². The first-order valence-corrected chi connectivity index (χ1v) is 6.55. The highest BCUT2D eigenvalue weighted by molar-refractivity contribution is 6.01. The lowest BCUT2D eigenvalue weighted by Gasteiger charge is -2.36. The van der Waals surface area contributed by atoms with Crippen LogP contribution in [0.3, 0.4) is 0 Å². The van der Waals surface area contributed by atoms with E-state index in [1.54, 1.807) is 0 Å². The maximum atomic E-state index is 12.3. The normalized spacial score (nSPS) is 20.2. The van der Waals surface area contributed by atoms with Crippen LogP contribution >= 0.6 is 0 Å². The number of esters is 2. The number of carbonyl (C=O) groups is 2. The molecule has 0 bridgehead atoms. The Morgan fingerprint density at radius 3 is 2.25 bits per heavy atom. The Bertz CT molecular complexity index is 503. The molecule has 1 aliphatic carbocycles. The summed E-state index contributed by atoms with van der Waals surface area (Å²) in [7, 11) is 2.60. The lowest BCUT2D eigenvalue weighted by Crippen LogP contribution is -2.46. The summed E-state index contributed by atoms with van der Waals surface area (Å²) in [5, 5.41) is 0. The molecule has 1 aliphatic rings. The molecule has 0 amide bonds. The van der Waals surface area contributed by atoms with Crippen molar-refractivity contribution in [2.24, 2.45) is 5.41 Å². The van der Waals surface area contributed by atoms with Gasteiger partial charge in [0, 0.05) is 5.92 Å². The molecule has 20 heavy (non-hydrogen) atoms. The van der Waals surface area contributed by atoms with Crippen molar-refractivity contribution in [1.29, 1.82) is 0 Å². The van der Waals surface area contributed by atoms with Gasteiger partial charge in [0.15, 0.2) is 5.41 Å². The molecule has 0 radical (unpaired) electrons. The summed E-state index contributed by atoms with van der Waals surface area (Å²) >= 11 is 0. The lowest BCUT2D eigenvalue weighted by molar-refractivity contribution is -0.171. The molecular formula is C16H18O4. The van der Waals surface area contributed by atoms with Gasteiger partial charge in [-0.05, 0) is 18.4 Å². The van der Waals surface area contributed by atoms with Crippen LogP contribution in [0.1, 0.15) is 24.3 Å². The van der Waals surface area contributed by atoms with E-state index in [0.717, 1.165) is 5.56 Å². The smallest absolute Gasteiger partial charge is 0.324 e. The van der Waals surface area contributed by atoms with E-state index < -0.39 is 17.4 Å². The molecule has 1 aromatic rings. The van der Waals surface area contributed by atoms with Gasteiger partial charge in [-0.2, -0.15) is 0 Å². The van der Waals surface area contributed by atoms with Crippen LogP contribution in [0, 0.1) is 5.41 Å². The van der Waals surface area contributed by atoms with E-state index in [0.29, 0.717) is 12.8 Å². The molecule has 106 valence electrons. The summed E-state index contributed by atoms with van der Waals surface area (Å²) in [6.07, 6.45) is 4.92. The Labute approximate surface area is 118 Å². The van der Waals surface area contributed by atoms with E-state index in [4.69, 9.17) is 9.47 Å². The summed E-state index contributed by atoms with van der Waals surface area (Å²) in [6, 6.07) is 9.48. The molecule has 1 atom stereocenters. The van der Waals surface area contributed by atoms with Crippen molar-refractivity contribution in [3.63, 3.8) is 0 Å². The van der Waals surface area contributed by atoms with Gasteiger partial charge in [-0.15, -0.1) is 0 Å². The molecule has 0 N–H and O–H groups in total. The van der Waals surface area contributed by atoms with Gasteiger partial charge in [0.1, 0.15) is 0 Å². The van der Waals surface area contributed by atoms with Gasteiger partial charge in [0.2, 0.25) is 0 Å². The third-order valence-corrected chi connectivity index (χ3v) is 3.82. The topological polar surface area (TPSA) is 52.6 Å². The molecule has 0 heterocycles. The first-order chi connectivity index (χ1) is 9.66. The van der Waals surface area contributed by atoms with E-state index in [9.17, 15) is 9.59 Å². The van der Waals surface area contributed by atoms with Crippen molar-refractivity contribution in [2.75, 3.05) is 14.2 Å². The zero-order valence-corrected chi connectivity index (χ0v) is 11.7. The molecular weight excluding hydrogens is 256 g/mol. The van der Waals surface area contributed by atoms with Crippen LogP contribution in [0.15, 0.2) is 42.5 Å². The molecule has 0 saturated heterocycles. The molecule has 0 aliphatic heterocycles. The van der Waals surface area contributed by atoms with Gasteiger partial charge >= 0.3 is 11.9 Å². The quantitative estimate of drug-likeness (QED) is 0.482. The fourth-order valence-electron chi connectivity index (χ4n) is 2.82. The second-order valence-corrected chi connectivity index (χ2v) is 4.81. The van der Waals surface area contributed by atoms with Crippen LogP contribution in [0.25, 0.3) is 0 Å². The lowest BCUT2D eigenvalue weighted by atomic mass is 9.66.